The van der Waals surface area contributed by atoms with Gasteiger partial charge in [-0.2, -0.15) is 5.26 Å². The second-order valence-corrected chi connectivity index (χ2v) is 3.77. The zero-order valence-electron chi connectivity index (χ0n) is 8.67. The Bertz CT molecular complexity index is 276. The van der Waals surface area contributed by atoms with Gasteiger partial charge in [-0.15, -0.1) is 0 Å². The Balaban J connectivity index is 2.54. The quantitative estimate of drug-likeness (QED) is 0.706. The molecular weight excluding hydrogens is 202 g/mol. The van der Waals surface area contributed by atoms with E-state index in [4.69, 9.17) is 5.26 Å². The number of alkyl halides is 2. The maximum absolute atomic E-state index is 12.8. The Morgan fingerprint density at radius 1 is 1.53 bits per heavy atom. The van der Waals surface area contributed by atoms with Crippen molar-refractivity contribution in [1.82, 2.24) is 4.90 Å². The molecule has 1 amide bonds. The Kier molecular flexibility index (Phi) is 3.61. The number of hydrogen-bond acceptors (Lipinski definition) is 2. The van der Waals surface area contributed by atoms with Crippen LogP contribution in [0.1, 0.15) is 26.2 Å². The summed E-state index contributed by atoms with van der Waals surface area (Å²) in [6.45, 7) is 1.86. The molecule has 1 aliphatic heterocycles. The highest BCUT2D eigenvalue weighted by atomic mass is 19.3. The number of piperidine rings is 1. The molecule has 0 N–H and O–H groups in total. The van der Waals surface area contributed by atoms with Crippen LogP contribution >= 0.6 is 0 Å². The molecule has 1 heterocycles. The van der Waals surface area contributed by atoms with Gasteiger partial charge in [0.25, 0.3) is 5.92 Å². The molecule has 0 aromatic carbocycles. The van der Waals surface area contributed by atoms with Crippen LogP contribution in [0.4, 0.5) is 8.78 Å². The minimum atomic E-state index is -2.65. The van der Waals surface area contributed by atoms with Gasteiger partial charge in [0, 0.05) is 25.9 Å². The average molecular weight is 216 g/mol. The number of nitriles is 1. The highest BCUT2D eigenvalue weighted by molar-refractivity contribution is 5.81. The number of rotatable bonds is 2. The van der Waals surface area contributed by atoms with E-state index in [1.807, 2.05) is 6.07 Å². The predicted octanol–water partition coefficient (Wildman–Crippen LogP) is 1.79. The zero-order chi connectivity index (χ0) is 11.5. The van der Waals surface area contributed by atoms with Gasteiger partial charge in [0.2, 0.25) is 5.91 Å². The Hall–Kier alpha value is -1.18. The van der Waals surface area contributed by atoms with E-state index in [0.29, 0.717) is 6.42 Å². The van der Waals surface area contributed by atoms with Gasteiger partial charge in [-0.05, 0) is 6.42 Å². The molecule has 0 aliphatic carbocycles. The third-order valence-corrected chi connectivity index (χ3v) is 2.67. The Labute approximate surface area is 87.7 Å². The van der Waals surface area contributed by atoms with Crippen molar-refractivity contribution in [2.45, 2.75) is 32.1 Å². The first-order valence-electron chi connectivity index (χ1n) is 5.06. The monoisotopic (exact) mass is 216 g/mol. The molecule has 0 spiro atoms. The van der Waals surface area contributed by atoms with E-state index in [2.05, 4.69) is 0 Å². The van der Waals surface area contributed by atoms with Crippen molar-refractivity contribution in [3.63, 3.8) is 0 Å². The molecule has 0 saturated carbocycles. The highest BCUT2D eigenvalue weighted by Gasteiger charge is 2.36. The molecule has 1 unspecified atom stereocenters. The summed E-state index contributed by atoms with van der Waals surface area (Å²) in [4.78, 5) is 13.0. The summed E-state index contributed by atoms with van der Waals surface area (Å²) in [6, 6.07) is 1.89. The predicted molar refractivity (Wildman–Crippen MR) is 50.2 cm³/mol. The summed E-state index contributed by atoms with van der Waals surface area (Å²) in [6.07, 6.45) is -0.149. The van der Waals surface area contributed by atoms with E-state index in [1.54, 1.807) is 6.92 Å². The van der Waals surface area contributed by atoms with Crippen LogP contribution in [0.3, 0.4) is 0 Å². The van der Waals surface area contributed by atoms with E-state index >= 15 is 0 Å². The van der Waals surface area contributed by atoms with Crippen molar-refractivity contribution >= 4 is 5.91 Å². The Morgan fingerprint density at radius 2 is 2.07 bits per heavy atom. The third kappa shape index (κ3) is 2.88. The van der Waals surface area contributed by atoms with Crippen molar-refractivity contribution in [2.24, 2.45) is 5.92 Å². The summed E-state index contributed by atoms with van der Waals surface area (Å²) in [5, 5.41) is 8.68. The van der Waals surface area contributed by atoms with E-state index in [1.165, 1.54) is 4.90 Å². The minimum Gasteiger partial charge on any atom is -0.341 e. The van der Waals surface area contributed by atoms with Crippen LogP contribution in [0, 0.1) is 17.2 Å². The first-order valence-corrected chi connectivity index (χ1v) is 5.06. The molecule has 1 atom stereocenters. The number of nitrogens with zero attached hydrogens (tertiary/aromatic N) is 2. The first kappa shape index (κ1) is 11.9. The molecule has 5 heteroatoms. The molecule has 1 rings (SSSR count). The van der Waals surface area contributed by atoms with Crippen LogP contribution in [0.15, 0.2) is 0 Å². The van der Waals surface area contributed by atoms with Gasteiger partial charge in [-0.3, -0.25) is 4.79 Å². The lowest BCUT2D eigenvalue weighted by Gasteiger charge is -2.32. The van der Waals surface area contributed by atoms with E-state index in [-0.39, 0.29) is 31.8 Å². The lowest BCUT2D eigenvalue weighted by molar-refractivity contribution is -0.139. The van der Waals surface area contributed by atoms with E-state index in [9.17, 15) is 13.6 Å². The van der Waals surface area contributed by atoms with Gasteiger partial charge < -0.3 is 4.90 Å². The lowest BCUT2D eigenvalue weighted by atomic mass is 10.0. The van der Waals surface area contributed by atoms with Crippen LogP contribution in [0.5, 0.6) is 0 Å². The number of halogens is 2. The largest absolute Gasteiger partial charge is 0.341 e. The SMILES string of the molecule is CCC(C#N)C(=O)N1CCC(F)(F)CC1. The maximum atomic E-state index is 12.8. The molecular formula is C10H14F2N2O. The molecule has 84 valence electrons. The summed E-state index contributed by atoms with van der Waals surface area (Å²) >= 11 is 0. The van der Waals surface area contributed by atoms with Crippen LogP contribution in [-0.4, -0.2) is 29.8 Å². The van der Waals surface area contributed by atoms with Crippen molar-refractivity contribution in [1.29, 1.82) is 5.26 Å². The van der Waals surface area contributed by atoms with Crippen molar-refractivity contribution in [3.05, 3.63) is 0 Å². The molecule has 1 fully saturated rings. The summed E-state index contributed by atoms with van der Waals surface area (Å²) < 4.78 is 25.6. The standard InChI is InChI=1S/C10H14F2N2O/c1-2-8(7-13)9(15)14-5-3-10(11,12)4-6-14/h8H,2-6H2,1H3. The van der Waals surface area contributed by atoms with Crippen molar-refractivity contribution in [2.75, 3.05) is 13.1 Å². The fraction of sp³-hybridized carbons (Fsp3) is 0.800. The Morgan fingerprint density at radius 3 is 2.47 bits per heavy atom. The normalized spacial score (nSPS) is 21.9. The van der Waals surface area contributed by atoms with Crippen LogP contribution < -0.4 is 0 Å². The van der Waals surface area contributed by atoms with Gasteiger partial charge in [-0.25, -0.2) is 8.78 Å². The van der Waals surface area contributed by atoms with Gasteiger partial charge in [0.05, 0.1) is 6.07 Å². The molecule has 0 aromatic heterocycles. The third-order valence-electron chi connectivity index (χ3n) is 2.67. The zero-order valence-corrected chi connectivity index (χ0v) is 8.67. The molecule has 0 bridgehead atoms. The molecule has 15 heavy (non-hydrogen) atoms. The molecule has 1 saturated heterocycles. The second kappa shape index (κ2) is 4.56. The van der Waals surface area contributed by atoms with Gasteiger partial charge in [0.1, 0.15) is 5.92 Å². The van der Waals surface area contributed by atoms with Crippen LogP contribution in [-0.2, 0) is 4.79 Å². The number of hydrogen-bond donors (Lipinski definition) is 0. The molecule has 3 nitrogen and oxygen atoms in total. The smallest absolute Gasteiger partial charge is 0.251 e. The summed E-state index contributed by atoms with van der Waals surface area (Å²) in [5.74, 6) is -3.64. The van der Waals surface area contributed by atoms with Crippen molar-refractivity contribution < 1.29 is 13.6 Å². The fourth-order valence-electron chi connectivity index (χ4n) is 1.60. The van der Waals surface area contributed by atoms with E-state index < -0.39 is 11.8 Å². The lowest BCUT2D eigenvalue weighted by Crippen LogP contribution is -2.44. The maximum Gasteiger partial charge on any atom is 0.251 e. The summed E-state index contributed by atoms with van der Waals surface area (Å²) in [5.41, 5.74) is 0. The number of carbonyl (C=O) groups excluding carboxylic acids is 1. The molecule has 0 aromatic rings. The first-order chi connectivity index (χ1) is 7.00. The van der Waals surface area contributed by atoms with Gasteiger partial charge in [0.15, 0.2) is 0 Å². The van der Waals surface area contributed by atoms with Crippen molar-refractivity contribution in [3.8, 4) is 6.07 Å². The summed E-state index contributed by atoms with van der Waals surface area (Å²) in [7, 11) is 0. The second-order valence-electron chi connectivity index (χ2n) is 3.77. The average Bonchev–Trinajstić information content (AvgIpc) is 2.19. The van der Waals surface area contributed by atoms with E-state index in [0.717, 1.165) is 0 Å². The van der Waals surface area contributed by atoms with Gasteiger partial charge >= 0.3 is 0 Å². The minimum absolute atomic E-state index is 0.0595. The van der Waals surface area contributed by atoms with Crippen LogP contribution in [0.2, 0.25) is 0 Å². The fourth-order valence-corrected chi connectivity index (χ4v) is 1.60. The number of carbonyl (C=O) groups is 1. The number of amides is 1. The molecule has 1 aliphatic rings. The number of likely N-dealkylation sites (tertiary alicyclic amines) is 1. The topological polar surface area (TPSA) is 44.1 Å². The van der Waals surface area contributed by atoms with Crippen LogP contribution in [0.25, 0.3) is 0 Å². The highest BCUT2D eigenvalue weighted by Crippen LogP contribution is 2.28. The molecule has 0 radical (unpaired) electrons. The van der Waals surface area contributed by atoms with Gasteiger partial charge in [-0.1, -0.05) is 6.92 Å².